The van der Waals surface area contributed by atoms with Crippen LogP contribution in [0.25, 0.3) is 5.82 Å². The summed E-state index contributed by atoms with van der Waals surface area (Å²) >= 11 is 7.04. The number of piperidine rings is 1. The number of ether oxygens (including phenoxy) is 1. The number of allylic oxidation sites excluding steroid dienone is 1. The molecule has 37 heavy (non-hydrogen) atoms. The van der Waals surface area contributed by atoms with E-state index in [2.05, 4.69) is 14.9 Å². The zero-order valence-corrected chi connectivity index (χ0v) is 22.4. The number of pyridine rings is 1. The average Bonchev–Trinajstić information content (AvgIpc) is 3.53. The van der Waals surface area contributed by atoms with Crippen LogP contribution in [0.5, 0.6) is 0 Å². The molecule has 7 nitrogen and oxygen atoms in total. The van der Waals surface area contributed by atoms with Crippen LogP contribution in [0.15, 0.2) is 65.3 Å². The fourth-order valence-electron chi connectivity index (χ4n) is 5.12. The van der Waals surface area contributed by atoms with Crippen LogP contribution in [-0.2, 0) is 17.8 Å². The predicted octanol–water partition coefficient (Wildman–Crippen LogP) is 5.19. The van der Waals surface area contributed by atoms with Gasteiger partial charge in [0.15, 0.2) is 5.82 Å². The van der Waals surface area contributed by atoms with Crippen molar-refractivity contribution in [2.24, 2.45) is 0 Å². The molecule has 0 aromatic carbocycles. The quantitative estimate of drug-likeness (QED) is 0.406. The van der Waals surface area contributed by atoms with Crippen LogP contribution < -0.4 is 0 Å². The van der Waals surface area contributed by atoms with Gasteiger partial charge in [-0.15, -0.1) is 11.8 Å². The average molecular weight is 547 g/mol. The lowest BCUT2D eigenvalue weighted by molar-refractivity contribution is -0.137. The Morgan fingerprint density at radius 1 is 1.19 bits per heavy atom. The number of nitrogens with zero attached hydrogens (tertiary/aromatic N) is 6. The Hall–Kier alpha value is -2.53. The second-order valence-electron chi connectivity index (χ2n) is 9.41. The van der Waals surface area contributed by atoms with Crippen LogP contribution >= 0.6 is 23.4 Å². The zero-order chi connectivity index (χ0) is 26.0. The normalized spacial score (nSPS) is 19.8. The molecule has 3 aromatic heterocycles. The highest BCUT2D eigenvalue weighted by Gasteiger charge is 2.50. The molecule has 0 amide bonds. The molecule has 3 aromatic rings. The number of likely N-dealkylation sites (tertiary alicyclic amines) is 1. The van der Waals surface area contributed by atoms with E-state index in [9.17, 15) is 8.78 Å². The van der Waals surface area contributed by atoms with Gasteiger partial charge in [0.1, 0.15) is 12.2 Å². The van der Waals surface area contributed by atoms with Gasteiger partial charge >= 0.3 is 0 Å². The summed E-state index contributed by atoms with van der Waals surface area (Å²) in [6, 6.07) is 3.97. The van der Waals surface area contributed by atoms with E-state index in [1.54, 1.807) is 18.7 Å². The second kappa shape index (κ2) is 10.7. The van der Waals surface area contributed by atoms with Crippen molar-refractivity contribution in [3.8, 4) is 5.82 Å². The molecule has 0 saturated carbocycles. The number of thioether (sulfide) groups is 1. The molecule has 2 aliphatic rings. The lowest BCUT2D eigenvalue weighted by Gasteiger charge is -2.47. The number of rotatable bonds is 7. The summed E-state index contributed by atoms with van der Waals surface area (Å²) in [6.07, 6.45) is 13.7. The molecule has 2 aliphatic heterocycles. The molecule has 0 radical (unpaired) electrons. The first-order valence-electron chi connectivity index (χ1n) is 12.1. The number of hydrogen-bond donors (Lipinski definition) is 0. The molecule has 1 spiro atoms. The number of alkyl halides is 2. The SMILES string of the molecule is CSC1=C(/C=C/Cl)C(F)(F)COC12CCN(Cc1cn(-c3ncccc3Cn3ccnc3)nc1C)CC2. The highest BCUT2D eigenvalue weighted by atomic mass is 35.5. The Labute approximate surface area is 224 Å². The minimum absolute atomic E-state index is 0.0197. The van der Waals surface area contributed by atoms with E-state index < -0.39 is 18.1 Å². The van der Waals surface area contributed by atoms with Crippen LogP contribution in [0, 0.1) is 6.92 Å². The van der Waals surface area contributed by atoms with E-state index in [1.165, 1.54) is 17.8 Å². The summed E-state index contributed by atoms with van der Waals surface area (Å²) < 4.78 is 38.9. The topological polar surface area (TPSA) is 61.0 Å². The maximum Gasteiger partial charge on any atom is 0.297 e. The molecule has 0 N–H and O–H groups in total. The molecular formula is C26H29ClF2N6OS. The van der Waals surface area contributed by atoms with E-state index in [4.69, 9.17) is 21.4 Å². The molecule has 196 valence electrons. The summed E-state index contributed by atoms with van der Waals surface area (Å²) in [6.45, 7) is 4.21. The standard InChI is InChI=1S/C26H29ClF2N6OS/c1-19-21(16-35(32-19)24-20(4-3-9-31-24)14-34-13-10-30-18-34)15-33-11-6-25(7-12-33)23(37-2)22(5-8-27)26(28,29)17-36-25/h3-5,8-10,13,16,18H,6-7,11-12,14-15,17H2,1-2H3/b8-5+. The van der Waals surface area contributed by atoms with Crippen LogP contribution in [0.4, 0.5) is 8.78 Å². The molecule has 0 bridgehead atoms. The summed E-state index contributed by atoms with van der Waals surface area (Å²) in [4.78, 5) is 11.6. The molecule has 5 heterocycles. The van der Waals surface area contributed by atoms with Crippen molar-refractivity contribution < 1.29 is 13.5 Å². The molecule has 1 fully saturated rings. The summed E-state index contributed by atoms with van der Waals surface area (Å²) in [5.74, 6) is -2.26. The molecule has 5 rings (SSSR count). The fourth-order valence-corrected chi connectivity index (χ4v) is 6.32. The van der Waals surface area contributed by atoms with Gasteiger partial charge < -0.3 is 9.30 Å². The van der Waals surface area contributed by atoms with E-state index >= 15 is 0 Å². The highest BCUT2D eigenvalue weighted by Crippen LogP contribution is 2.49. The van der Waals surface area contributed by atoms with E-state index in [1.807, 2.05) is 47.0 Å². The summed E-state index contributed by atoms with van der Waals surface area (Å²) in [5, 5.41) is 4.76. The van der Waals surface area contributed by atoms with Crippen LogP contribution in [0.3, 0.4) is 0 Å². The first kappa shape index (κ1) is 26.1. The van der Waals surface area contributed by atoms with Crippen LogP contribution in [-0.4, -0.2) is 66.7 Å². The Morgan fingerprint density at radius 2 is 2.00 bits per heavy atom. The van der Waals surface area contributed by atoms with Crippen molar-refractivity contribution in [2.45, 2.75) is 44.4 Å². The van der Waals surface area contributed by atoms with Gasteiger partial charge in [-0.05, 0) is 38.2 Å². The Morgan fingerprint density at radius 3 is 2.70 bits per heavy atom. The van der Waals surface area contributed by atoms with Gasteiger partial charge in [-0.25, -0.2) is 14.6 Å². The molecule has 1 saturated heterocycles. The van der Waals surface area contributed by atoms with Gasteiger partial charge in [-0.2, -0.15) is 13.9 Å². The molecule has 0 aliphatic carbocycles. The second-order valence-corrected chi connectivity index (χ2v) is 10.5. The Balaban J connectivity index is 1.31. The van der Waals surface area contributed by atoms with Crippen molar-refractivity contribution in [3.05, 3.63) is 82.2 Å². The van der Waals surface area contributed by atoms with Gasteiger partial charge in [0.25, 0.3) is 5.92 Å². The molecule has 11 heteroatoms. The van der Waals surface area contributed by atoms with Gasteiger partial charge in [0, 0.05) is 71.6 Å². The monoisotopic (exact) mass is 546 g/mol. The third kappa shape index (κ3) is 5.25. The van der Waals surface area contributed by atoms with E-state index in [-0.39, 0.29) is 5.57 Å². The van der Waals surface area contributed by atoms with E-state index in [0.29, 0.717) is 30.8 Å². The Bertz CT molecular complexity index is 1300. The third-order valence-corrected chi connectivity index (χ3v) is 8.20. The number of aryl methyl sites for hydroxylation is 1. The van der Waals surface area contributed by atoms with Crippen LogP contribution in [0.2, 0.25) is 0 Å². The van der Waals surface area contributed by atoms with Crippen LogP contribution in [0.1, 0.15) is 29.7 Å². The van der Waals surface area contributed by atoms with Gasteiger partial charge in [0.05, 0.1) is 18.6 Å². The number of hydrogen-bond acceptors (Lipinski definition) is 6. The number of imidazole rings is 1. The van der Waals surface area contributed by atoms with Crippen molar-refractivity contribution >= 4 is 23.4 Å². The summed E-state index contributed by atoms with van der Waals surface area (Å²) in [5.41, 5.74) is 3.53. The van der Waals surface area contributed by atoms with Gasteiger partial charge in [-0.3, -0.25) is 4.90 Å². The van der Waals surface area contributed by atoms with Crippen molar-refractivity contribution in [3.63, 3.8) is 0 Å². The largest absolute Gasteiger partial charge is 0.363 e. The lowest BCUT2D eigenvalue weighted by Crippen LogP contribution is -2.52. The maximum atomic E-state index is 14.6. The minimum atomic E-state index is -3.04. The summed E-state index contributed by atoms with van der Waals surface area (Å²) in [7, 11) is 0. The Kier molecular flexibility index (Phi) is 7.53. The number of halogens is 3. The minimum Gasteiger partial charge on any atom is -0.363 e. The molecule has 0 atom stereocenters. The lowest BCUT2D eigenvalue weighted by atomic mass is 9.85. The predicted molar refractivity (Wildman–Crippen MR) is 141 cm³/mol. The smallest absolute Gasteiger partial charge is 0.297 e. The molecule has 0 unspecified atom stereocenters. The maximum absolute atomic E-state index is 14.6. The fraction of sp³-hybridized carbons (Fsp3) is 0.423. The first-order valence-corrected chi connectivity index (χ1v) is 13.8. The van der Waals surface area contributed by atoms with Crippen molar-refractivity contribution in [1.82, 2.24) is 29.2 Å². The van der Waals surface area contributed by atoms with Crippen molar-refractivity contribution in [2.75, 3.05) is 26.0 Å². The van der Waals surface area contributed by atoms with Crippen molar-refractivity contribution in [1.29, 1.82) is 0 Å². The number of aromatic nitrogens is 5. The first-order chi connectivity index (χ1) is 17.8. The van der Waals surface area contributed by atoms with Gasteiger partial charge in [-0.1, -0.05) is 17.7 Å². The third-order valence-electron chi connectivity index (χ3n) is 7.07. The zero-order valence-electron chi connectivity index (χ0n) is 20.8. The highest BCUT2D eigenvalue weighted by molar-refractivity contribution is 8.02. The van der Waals surface area contributed by atoms with E-state index in [0.717, 1.165) is 41.3 Å². The molecular weight excluding hydrogens is 518 g/mol. The van der Waals surface area contributed by atoms with Gasteiger partial charge in [0.2, 0.25) is 0 Å².